The molecule has 170 valence electrons. The highest BCUT2D eigenvalue weighted by atomic mass is 13.9. The smallest absolute Gasteiger partial charge is 0.0260 e. The maximum absolute atomic E-state index is 2.20. The lowest BCUT2D eigenvalue weighted by Gasteiger charge is -1.93. The first-order valence-corrected chi connectivity index (χ1v) is 12.1. The molecule has 0 aromatic heterocycles. The molecule has 31 heavy (non-hydrogen) atoms. The molecule has 3 aromatic carbocycles. The average Bonchev–Trinajstić information content (AvgIpc) is 2.85. The molecule has 0 heteroatoms. The summed E-state index contributed by atoms with van der Waals surface area (Å²) in [5.41, 5.74) is 4.15. The van der Waals surface area contributed by atoms with E-state index in [0.29, 0.717) is 0 Å². The van der Waals surface area contributed by atoms with Gasteiger partial charge in [-0.3, -0.25) is 0 Å². The van der Waals surface area contributed by atoms with Gasteiger partial charge in [0.15, 0.2) is 0 Å². The van der Waals surface area contributed by atoms with Gasteiger partial charge >= 0.3 is 0 Å². The van der Waals surface area contributed by atoms with E-state index >= 15 is 0 Å². The molecule has 0 saturated carbocycles. The van der Waals surface area contributed by atoms with Crippen molar-refractivity contribution in [1.29, 1.82) is 0 Å². The first-order valence-electron chi connectivity index (χ1n) is 12.1. The number of allylic oxidation sites excluding steroid dienone is 1. The van der Waals surface area contributed by atoms with E-state index in [-0.39, 0.29) is 0 Å². The van der Waals surface area contributed by atoms with Crippen LogP contribution in [0.5, 0.6) is 0 Å². The predicted octanol–water partition coefficient (Wildman–Crippen LogP) is 10.1. The standard InChI is InChI=1S/2C9H12.C9H10.2C2H6/c3*1-2-6-9-7-4-3-5-8-9;2*1-2/h2*3-5,7-8H,2,6H2,1H3;2-8H,1H3;2*1-2H3/b;;6-2+;;. The molecule has 0 spiro atoms. The third-order valence-electron chi connectivity index (χ3n) is 3.92. The molecule has 0 aliphatic rings. The molecule has 0 nitrogen and oxygen atoms in total. The first kappa shape index (κ1) is 30.6. The van der Waals surface area contributed by atoms with Crippen LogP contribution in [0, 0.1) is 0 Å². The lowest BCUT2D eigenvalue weighted by Crippen LogP contribution is -1.78. The zero-order valence-corrected chi connectivity index (χ0v) is 21.1. The third-order valence-corrected chi connectivity index (χ3v) is 3.92. The maximum Gasteiger partial charge on any atom is -0.0260 e. The van der Waals surface area contributed by atoms with E-state index in [0.717, 1.165) is 0 Å². The molecule has 0 unspecified atom stereocenters. The zero-order valence-electron chi connectivity index (χ0n) is 21.1. The van der Waals surface area contributed by atoms with Crippen molar-refractivity contribution in [2.24, 2.45) is 0 Å². The Labute approximate surface area is 194 Å². The molecule has 0 radical (unpaired) electrons. The molecule has 0 aliphatic carbocycles. The average molecular weight is 419 g/mol. The fourth-order valence-corrected chi connectivity index (χ4v) is 2.62. The predicted molar refractivity (Wildman–Crippen MR) is 145 cm³/mol. The van der Waals surface area contributed by atoms with Crippen LogP contribution in [-0.4, -0.2) is 0 Å². The third kappa shape index (κ3) is 19.1. The highest BCUT2D eigenvalue weighted by molar-refractivity contribution is 5.47. The largest absolute Gasteiger partial charge is 0.0871 e. The zero-order chi connectivity index (χ0) is 23.6. The van der Waals surface area contributed by atoms with Gasteiger partial charge in [-0.05, 0) is 36.5 Å². The number of rotatable bonds is 5. The monoisotopic (exact) mass is 418 g/mol. The molecule has 0 N–H and O–H groups in total. The van der Waals surface area contributed by atoms with Crippen LogP contribution < -0.4 is 0 Å². The van der Waals surface area contributed by atoms with Gasteiger partial charge in [-0.1, -0.05) is 158 Å². The SMILES string of the molecule is C/C=C/c1ccccc1.CC.CC.CCCc1ccccc1.CCCc1ccccc1. The van der Waals surface area contributed by atoms with Crippen molar-refractivity contribution in [3.63, 3.8) is 0 Å². The topological polar surface area (TPSA) is 0 Å². The van der Waals surface area contributed by atoms with Crippen LogP contribution in [0.15, 0.2) is 97.1 Å². The number of benzene rings is 3. The Morgan fingerprint density at radius 2 is 0.839 bits per heavy atom. The summed E-state index contributed by atoms with van der Waals surface area (Å²) < 4.78 is 0. The van der Waals surface area contributed by atoms with Crippen LogP contribution in [0.2, 0.25) is 0 Å². The van der Waals surface area contributed by atoms with Gasteiger partial charge in [0.1, 0.15) is 0 Å². The van der Waals surface area contributed by atoms with Gasteiger partial charge in [-0.15, -0.1) is 0 Å². The lowest BCUT2D eigenvalue weighted by atomic mass is 10.1. The van der Waals surface area contributed by atoms with Crippen molar-refractivity contribution in [2.75, 3.05) is 0 Å². The second-order valence-electron chi connectivity index (χ2n) is 6.38. The molecular weight excluding hydrogens is 372 g/mol. The van der Waals surface area contributed by atoms with E-state index < -0.39 is 0 Å². The number of hydrogen-bond donors (Lipinski definition) is 0. The summed E-state index contributed by atoms with van der Waals surface area (Å²) in [5, 5.41) is 0. The Morgan fingerprint density at radius 1 is 0.516 bits per heavy atom. The Bertz CT molecular complexity index is 655. The van der Waals surface area contributed by atoms with E-state index in [2.05, 4.69) is 92.7 Å². The van der Waals surface area contributed by atoms with E-state index in [9.17, 15) is 0 Å². The van der Waals surface area contributed by atoms with Gasteiger partial charge in [-0.25, -0.2) is 0 Å². The van der Waals surface area contributed by atoms with Crippen molar-refractivity contribution in [3.05, 3.63) is 114 Å². The van der Waals surface area contributed by atoms with E-state index in [1.165, 1.54) is 42.4 Å². The van der Waals surface area contributed by atoms with E-state index in [1.54, 1.807) is 0 Å². The van der Waals surface area contributed by atoms with Crippen LogP contribution in [0.25, 0.3) is 6.08 Å². The summed E-state index contributed by atoms with van der Waals surface area (Å²) >= 11 is 0. The van der Waals surface area contributed by atoms with Gasteiger partial charge < -0.3 is 0 Å². The minimum absolute atomic E-state index is 1.21. The van der Waals surface area contributed by atoms with Crippen LogP contribution >= 0.6 is 0 Å². The minimum atomic E-state index is 1.21. The van der Waals surface area contributed by atoms with Crippen molar-refractivity contribution >= 4 is 6.08 Å². The fraction of sp³-hybridized carbons (Fsp3) is 0.355. The minimum Gasteiger partial charge on any atom is -0.0871 e. The summed E-state index contributed by atoms with van der Waals surface area (Å²) in [4.78, 5) is 0. The molecule has 0 saturated heterocycles. The second-order valence-corrected chi connectivity index (χ2v) is 6.38. The maximum atomic E-state index is 2.20. The van der Waals surface area contributed by atoms with Crippen LogP contribution in [0.4, 0.5) is 0 Å². The Balaban J connectivity index is 0. The molecule has 0 amide bonds. The van der Waals surface area contributed by atoms with Crippen LogP contribution in [0.1, 0.15) is 78.0 Å². The molecule has 0 aliphatic heterocycles. The number of aryl methyl sites for hydroxylation is 2. The van der Waals surface area contributed by atoms with Gasteiger partial charge in [0.25, 0.3) is 0 Å². The Morgan fingerprint density at radius 3 is 1.13 bits per heavy atom. The molecule has 0 fully saturated rings. The van der Waals surface area contributed by atoms with Gasteiger partial charge in [0.05, 0.1) is 0 Å². The van der Waals surface area contributed by atoms with Crippen molar-refractivity contribution < 1.29 is 0 Å². The van der Waals surface area contributed by atoms with Crippen LogP contribution in [0.3, 0.4) is 0 Å². The summed E-state index contributed by atoms with van der Waals surface area (Å²) in [6.07, 6.45) is 9.02. The Hall–Kier alpha value is -2.60. The van der Waals surface area contributed by atoms with Gasteiger partial charge in [-0.2, -0.15) is 0 Å². The van der Waals surface area contributed by atoms with E-state index in [4.69, 9.17) is 0 Å². The normalized spacial score (nSPS) is 8.87. The molecule has 0 bridgehead atoms. The fourth-order valence-electron chi connectivity index (χ4n) is 2.62. The molecular formula is C31H46. The molecule has 0 heterocycles. The summed E-state index contributed by atoms with van der Waals surface area (Å²) in [7, 11) is 0. The molecule has 3 rings (SSSR count). The van der Waals surface area contributed by atoms with Crippen molar-refractivity contribution in [2.45, 2.75) is 74.1 Å². The summed E-state index contributed by atoms with van der Waals surface area (Å²) in [6, 6.07) is 31.4. The number of hydrogen-bond acceptors (Lipinski definition) is 0. The second kappa shape index (κ2) is 25.4. The van der Waals surface area contributed by atoms with Gasteiger partial charge in [0, 0.05) is 0 Å². The summed E-state index contributed by atoms with van der Waals surface area (Å²) in [5.74, 6) is 0. The van der Waals surface area contributed by atoms with E-state index in [1.807, 2.05) is 58.9 Å². The molecule has 0 atom stereocenters. The van der Waals surface area contributed by atoms with Gasteiger partial charge in [0.2, 0.25) is 0 Å². The highest BCUT2D eigenvalue weighted by Crippen LogP contribution is 2.01. The van der Waals surface area contributed by atoms with Crippen molar-refractivity contribution in [1.82, 2.24) is 0 Å². The van der Waals surface area contributed by atoms with Crippen LogP contribution in [-0.2, 0) is 12.8 Å². The van der Waals surface area contributed by atoms with Crippen molar-refractivity contribution in [3.8, 4) is 0 Å². The quantitative estimate of drug-likeness (QED) is 0.386. The lowest BCUT2D eigenvalue weighted by molar-refractivity contribution is 0.922. The first-order chi connectivity index (χ1) is 15.3. The Kier molecular flexibility index (Phi) is 25.1. The molecule has 3 aromatic rings. The highest BCUT2D eigenvalue weighted by Gasteiger charge is 1.85. The summed E-state index contributed by atoms with van der Waals surface area (Å²) in [6.45, 7) is 14.4.